The van der Waals surface area contributed by atoms with Gasteiger partial charge >= 0.3 is 18.2 Å². The zero-order valence-electron chi connectivity index (χ0n) is 32.7. The Hall–Kier alpha value is -4.39. The van der Waals surface area contributed by atoms with Crippen LogP contribution in [0.5, 0.6) is 23.0 Å². The first kappa shape index (κ1) is 39.8. The van der Waals surface area contributed by atoms with Crippen molar-refractivity contribution >= 4 is 18.2 Å². The van der Waals surface area contributed by atoms with Gasteiger partial charge in [0.1, 0.15) is 30.0 Å². The maximum Gasteiger partial charge on any atom is 0.415 e. The summed E-state index contributed by atoms with van der Waals surface area (Å²) in [7, 11) is 4.60. The lowest BCUT2D eigenvalue weighted by atomic mass is 9.66. The molecule has 10 atom stereocenters. The molecule has 4 aliphatic heterocycles. The van der Waals surface area contributed by atoms with Crippen molar-refractivity contribution in [1.82, 2.24) is 9.80 Å². The highest BCUT2D eigenvalue weighted by Crippen LogP contribution is 2.56. The van der Waals surface area contributed by atoms with Gasteiger partial charge in [-0.15, -0.1) is 0 Å². The Balaban J connectivity index is 1.17. The molecular formula is C39H50N2O15. The average molecular weight is 787 g/mol. The van der Waals surface area contributed by atoms with E-state index >= 15 is 0 Å². The average Bonchev–Trinajstić information content (AvgIpc) is 3.77. The fourth-order valence-electron chi connectivity index (χ4n) is 7.86. The van der Waals surface area contributed by atoms with Gasteiger partial charge in [0.05, 0.1) is 32.3 Å². The Labute approximate surface area is 324 Å². The number of rotatable bonds is 8. The number of likely N-dealkylation sites (N-methyl/N-ethyl adjacent to an activating group) is 2. The van der Waals surface area contributed by atoms with Crippen molar-refractivity contribution in [1.29, 1.82) is 0 Å². The SMILES string of the molecule is COc1cc([C@@H]2c3cc4c(cc3C(OC3O[C@@H]5CO[C@@H](C)O[C@H]5[C@H](O)[C@H]3O)[C@H]3COC(=O)[C@H]23)OCO4)cc(C)c1OC(=O)N(C)CCN(C)C(=O)OC(C)(C)C. The predicted molar refractivity (Wildman–Crippen MR) is 192 cm³/mol. The van der Waals surface area contributed by atoms with Gasteiger partial charge in [-0.1, -0.05) is 6.07 Å². The first-order chi connectivity index (χ1) is 26.5. The van der Waals surface area contributed by atoms with E-state index in [4.69, 9.17) is 47.4 Å². The molecule has 0 bridgehead atoms. The summed E-state index contributed by atoms with van der Waals surface area (Å²) >= 11 is 0. The largest absolute Gasteiger partial charge is 0.493 e. The lowest BCUT2D eigenvalue weighted by Gasteiger charge is -2.47. The quantitative estimate of drug-likeness (QED) is 0.371. The van der Waals surface area contributed by atoms with Gasteiger partial charge in [0.25, 0.3) is 0 Å². The number of hydrogen-bond acceptors (Lipinski definition) is 15. The predicted octanol–water partition coefficient (Wildman–Crippen LogP) is 3.23. The molecule has 7 rings (SSSR count). The molecule has 5 aliphatic rings. The van der Waals surface area contributed by atoms with Crippen molar-refractivity contribution in [3.63, 3.8) is 0 Å². The van der Waals surface area contributed by atoms with E-state index in [0.717, 1.165) is 0 Å². The molecule has 0 radical (unpaired) electrons. The third-order valence-electron chi connectivity index (χ3n) is 10.7. The minimum absolute atomic E-state index is 0.000181. The minimum Gasteiger partial charge on any atom is -0.493 e. The van der Waals surface area contributed by atoms with Crippen molar-refractivity contribution in [3.05, 3.63) is 46.5 Å². The Bertz CT molecular complexity index is 1830. The molecule has 0 aromatic heterocycles. The summed E-state index contributed by atoms with van der Waals surface area (Å²) in [4.78, 5) is 42.1. The van der Waals surface area contributed by atoms with E-state index in [1.165, 1.54) is 16.9 Å². The number of carbonyl (C=O) groups is 3. The first-order valence-electron chi connectivity index (χ1n) is 18.6. The second kappa shape index (κ2) is 15.5. The fourth-order valence-corrected chi connectivity index (χ4v) is 7.86. The maximum atomic E-state index is 13.7. The number of ether oxygens (including phenoxy) is 10. The van der Waals surface area contributed by atoms with Crippen LogP contribution in [0.3, 0.4) is 0 Å². The summed E-state index contributed by atoms with van der Waals surface area (Å²) in [5, 5.41) is 22.3. The second-order valence-corrected chi connectivity index (χ2v) is 15.8. The van der Waals surface area contributed by atoms with Crippen LogP contribution in [0, 0.1) is 18.8 Å². The van der Waals surface area contributed by atoms with Gasteiger partial charge < -0.3 is 67.4 Å². The van der Waals surface area contributed by atoms with Crippen LogP contribution in [0.2, 0.25) is 0 Å². The standard InChI is InChI=1S/C39H50N2O15/c1-18-11-20(12-26(47-8)32(18)55-37(45)40(6)9-10-41(7)38(46)56-39(3,4)5)28-21-13-24-25(51-17-50-24)14-22(21)33(23-15-49-35(44)29(23)28)54-36-31(43)30(42)34-27(53-36)16-48-19(2)52-34/h11-14,19,23,27-31,33-34,36,42-43H,9-10,15-17H2,1-8H3/t19-,23+,27-,28-,29+,30-,31-,33?,34-,36?/m1/s1. The molecule has 2 N–H and O–H groups in total. The highest BCUT2D eigenvalue weighted by atomic mass is 16.8. The van der Waals surface area contributed by atoms with Crippen LogP contribution < -0.4 is 18.9 Å². The van der Waals surface area contributed by atoms with Crippen molar-refractivity contribution < 1.29 is 72.0 Å². The fraction of sp³-hybridized carbons (Fsp3) is 0.615. The van der Waals surface area contributed by atoms with E-state index in [1.54, 1.807) is 60.8 Å². The number of carbonyl (C=O) groups excluding carboxylic acids is 3. The van der Waals surface area contributed by atoms with Crippen molar-refractivity contribution in [3.8, 4) is 23.0 Å². The third-order valence-corrected chi connectivity index (χ3v) is 10.7. The molecule has 0 saturated carbocycles. The van der Waals surface area contributed by atoms with E-state index in [9.17, 15) is 24.6 Å². The molecule has 4 heterocycles. The summed E-state index contributed by atoms with van der Waals surface area (Å²) < 4.78 is 58.2. The molecule has 56 heavy (non-hydrogen) atoms. The number of methoxy groups -OCH3 is 1. The molecule has 3 fully saturated rings. The monoisotopic (exact) mass is 786 g/mol. The van der Waals surface area contributed by atoms with Gasteiger partial charge in [-0.05, 0) is 75.1 Å². The first-order valence-corrected chi connectivity index (χ1v) is 18.6. The zero-order valence-corrected chi connectivity index (χ0v) is 32.7. The molecule has 2 unspecified atom stereocenters. The Morgan fingerprint density at radius 2 is 1.59 bits per heavy atom. The van der Waals surface area contributed by atoms with Crippen LogP contribution in [0.25, 0.3) is 0 Å². The summed E-state index contributed by atoms with van der Waals surface area (Å²) in [6.07, 6.45) is -8.22. The van der Waals surface area contributed by atoms with E-state index < -0.39 is 84.6 Å². The van der Waals surface area contributed by atoms with Crippen LogP contribution in [0.4, 0.5) is 9.59 Å². The number of amides is 2. The molecule has 306 valence electrons. The molecule has 17 heteroatoms. The van der Waals surface area contributed by atoms with Gasteiger partial charge in [0.2, 0.25) is 6.79 Å². The Morgan fingerprint density at radius 3 is 2.27 bits per heavy atom. The molecule has 2 aromatic carbocycles. The number of aryl methyl sites for hydroxylation is 1. The number of aliphatic hydroxyl groups excluding tert-OH is 2. The zero-order chi connectivity index (χ0) is 40.2. The highest BCUT2D eigenvalue weighted by molar-refractivity contribution is 5.79. The van der Waals surface area contributed by atoms with E-state index in [0.29, 0.717) is 33.8 Å². The summed E-state index contributed by atoms with van der Waals surface area (Å²) in [6, 6.07) is 7.17. The molecule has 1 aliphatic carbocycles. The van der Waals surface area contributed by atoms with Crippen molar-refractivity contribution in [2.24, 2.45) is 11.8 Å². The van der Waals surface area contributed by atoms with Crippen LogP contribution in [0.15, 0.2) is 24.3 Å². The number of aliphatic hydroxyl groups is 2. The van der Waals surface area contributed by atoms with E-state index in [2.05, 4.69) is 0 Å². The molecule has 0 spiro atoms. The Morgan fingerprint density at radius 1 is 0.911 bits per heavy atom. The van der Waals surface area contributed by atoms with Gasteiger partial charge in [0.15, 0.2) is 35.6 Å². The van der Waals surface area contributed by atoms with Gasteiger partial charge in [-0.2, -0.15) is 0 Å². The summed E-state index contributed by atoms with van der Waals surface area (Å²) in [5.74, 6) is -0.973. The van der Waals surface area contributed by atoms with Crippen LogP contribution >= 0.6 is 0 Å². The molecule has 17 nitrogen and oxygen atoms in total. The minimum atomic E-state index is -1.47. The normalized spacial score (nSPS) is 30.4. The van der Waals surface area contributed by atoms with Crippen LogP contribution in [0.1, 0.15) is 62.0 Å². The summed E-state index contributed by atoms with van der Waals surface area (Å²) in [5.41, 5.74) is 1.91. The molecule has 2 aromatic rings. The number of fused-ring (bicyclic) bond motifs is 4. The number of hydrogen-bond donors (Lipinski definition) is 2. The number of benzene rings is 2. The second-order valence-electron chi connectivity index (χ2n) is 15.8. The molecule has 2 amide bonds. The lowest BCUT2D eigenvalue weighted by molar-refractivity contribution is -0.364. The summed E-state index contributed by atoms with van der Waals surface area (Å²) in [6.45, 7) is 9.30. The topological polar surface area (TPSA) is 190 Å². The van der Waals surface area contributed by atoms with E-state index in [1.807, 2.05) is 12.1 Å². The van der Waals surface area contributed by atoms with Crippen molar-refractivity contribution in [2.75, 3.05) is 54.3 Å². The maximum absolute atomic E-state index is 13.7. The number of cyclic esters (lactones) is 1. The Kier molecular flexibility index (Phi) is 11.0. The number of nitrogens with zero attached hydrogens (tertiary/aromatic N) is 2. The third kappa shape index (κ3) is 7.67. The molecular weight excluding hydrogens is 736 g/mol. The number of esters is 1. The van der Waals surface area contributed by atoms with Crippen LogP contribution in [-0.4, -0.2) is 135 Å². The van der Waals surface area contributed by atoms with Gasteiger partial charge in [0, 0.05) is 39.0 Å². The van der Waals surface area contributed by atoms with Gasteiger partial charge in [-0.3, -0.25) is 4.79 Å². The van der Waals surface area contributed by atoms with Gasteiger partial charge in [-0.25, -0.2) is 9.59 Å². The van der Waals surface area contributed by atoms with E-state index in [-0.39, 0.29) is 44.6 Å². The van der Waals surface area contributed by atoms with Crippen LogP contribution in [-0.2, 0) is 33.2 Å². The highest BCUT2D eigenvalue weighted by Gasteiger charge is 2.56. The smallest absolute Gasteiger partial charge is 0.415 e. The lowest BCUT2D eigenvalue weighted by Crippen LogP contribution is -2.63. The van der Waals surface area contributed by atoms with Crippen molar-refractivity contribution in [2.45, 2.75) is 89.2 Å². The molecule has 3 saturated heterocycles.